The normalized spacial score (nSPS) is 10.8. The van der Waals surface area contributed by atoms with Gasteiger partial charge in [0, 0.05) is 24.7 Å². The average Bonchev–Trinajstić information content (AvgIpc) is 2.35. The van der Waals surface area contributed by atoms with Gasteiger partial charge in [0.15, 0.2) is 0 Å². The molecule has 0 unspecified atom stereocenters. The van der Waals surface area contributed by atoms with Crippen LogP contribution in [0.2, 0.25) is 0 Å². The Morgan fingerprint density at radius 3 is 2.44 bits per heavy atom. The smallest absolute Gasteiger partial charge is 0.0621 e. The molecule has 0 spiro atoms. The Bertz CT molecular complexity index is 376. The van der Waals surface area contributed by atoms with Crippen molar-refractivity contribution in [1.29, 1.82) is 5.26 Å². The molecule has 98 valence electrons. The molecule has 0 aromatic heterocycles. The first-order valence-corrected chi connectivity index (χ1v) is 6.59. The zero-order chi connectivity index (χ0) is 13.4. The molecule has 3 nitrogen and oxygen atoms in total. The molecule has 3 heteroatoms. The van der Waals surface area contributed by atoms with E-state index < -0.39 is 0 Å². The maximum Gasteiger partial charge on any atom is 0.0621 e. The highest BCUT2D eigenvalue weighted by Crippen LogP contribution is 2.12. The first-order chi connectivity index (χ1) is 8.63. The van der Waals surface area contributed by atoms with Crippen molar-refractivity contribution in [2.45, 2.75) is 45.7 Å². The molecule has 0 saturated carbocycles. The highest BCUT2D eigenvalue weighted by atomic mass is 15.1. The van der Waals surface area contributed by atoms with Gasteiger partial charge in [-0.2, -0.15) is 5.26 Å². The van der Waals surface area contributed by atoms with Crippen LogP contribution >= 0.6 is 0 Å². The van der Waals surface area contributed by atoms with Crippen LogP contribution in [0.25, 0.3) is 0 Å². The van der Waals surface area contributed by atoms with Crippen LogP contribution in [0.15, 0.2) is 24.3 Å². The monoisotopic (exact) mass is 245 g/mol. The lowest BCUT2D eigenvalue weighted by molar-refractivity contribution is 0.209. The lowest BCUT2D eigenvalue weighted by Crippen LogP contribution is -2.31. The number of nitriles is 1. The van der Waals surface area contributed by atoms with Crippen molar-refractivity contribution in [2.75, 3.05) is 12.3 Å². The highest BCUT2D eigenvalue weighted by Gasteiger charge is 2.09. The molecule has 0 heterocycles. The second kappa shape index (κ2) is 7.73. The fourth-order valence-electron chi connectivity index (χ4n) is 1.90. The van der Waals surface area contributed by atoms with Gasteiger partial charge >= 0.3 is 0 Å². The molecule has 1 aromatic carbocycles. The third kappa shape index (κ3) is 5.20. The molecule has 0 bridgehead atoms. The first-order valence-electron chi connectivity index (χ1n) is 6.59. The molecule has 0 aliphatic heterocycles. The van der Waals surface area contributed by atoms with Crippen LogP contribution in [0.3, 0.4) is 0 Å². The zero-order valence-electron chi connectivity index (χ0n) is 11.4. The van der Waals surface area contributed by atoms with Crippen molar-refractivity contribution in [2.24, 2.45) is 0 Å². The summed E-state index contributed by atoms with van der Waals surface area (Å²) >= 11 is 0. The van der Waals surface area contributed by atoms with Gasteiger partial charge in [0.1, 0.15) is 0 Å². The van der Waals surface area contributed by atoms with Crippen LogP contribution in [-0.4, -0.2) is 17.5 Å². The summed E-state index contributed by atoms with van der Waals surface area (Å²) in [4.78, 5) is 2.43. The van der Waals surface area contributed by atoms with Gasteiger partial charge in [0.25, 0.3) is 0 Å². The minimum absolute atomic E-state index is 0.518. The molecule has 0 amide bonds. The van der Waals surface area contributed by atoms with E-state index >= 15 is 0 Å². The van der Waals surface area contributed by atoms with Crippen LogP contribution in [0.5, 0.6) is 0 Å². The summed E-state index contributed by atoms with van der Waals surface area (Å²) in [6, 6.07) is 10.8. The summed E-state index contributed by atoms with van der Waals surface area (Å²) < 4.78 is 0. The molecule has 1 aromatic rings. The van der Waals surface area contributed by atoms with Crippen LogP contribution in [-0.2, 0) is 6.54 Å². The van der Waals surface area contributed by atoms with Gasteiger partial charge in [-0.25, -0.2) is 0 Å². The molecule has 0 aliphatic carbocycles. The van der Waals surface area contributed by atoms with Crippen LogP contribution in [0.4, 0.5) is 5.69 Å². The minimum atomic E-state index is 0.518. The summed E-state index contributed by atoms with van der Waals surface area (Å²) in [6.45, 7) is 6.41. The fourth-order valence-corrected chi connectivity index (χ4v) is 1.90. The Morgan fingerprint density at radius 1 is 1.22 bits per heavy atom. The van der Waals surface area contributed by atoms with E-state index in [9.17, 15) is 0 Å². The summed E-state index contributed by atoms with van der Waals surface area (Å²) in [5.41, 5.74) is 7.79. The largest absolute Gasteiger partial charge is 0.399 e. The molecule has 0 aliphatic rings. The summed E-state index contributed by atoms with van der Waals surface area (Å²) in [6.07, 6.45) is 2.73. The van der Waals surface area contributed by atoms with E-state index in [1.54, 1.807) is 0 Å². The SMILES string of the molecule is CC(C)N(CCCCC#N)Cc1ccc(N)cc1. The van der Waals surface area contributed by atoms with Crippen LogP contribution in [0, 0.1) is 11.3 Å². The molecule has 0 saturated heterocycles. The van der Waals surface area contributed by atoms with E-state index in [4.69, 9.17) is 11.0 Å². The van der Waals surface area contributed by atoms with Crippen molar-refractivity contribution in [3.8, 4) is 6.07 Å². The van der Waals surface area contributed by atoms with Crippen LogP contribution in [0.1, 0.15) is 38.7 Å². The number of anilines is 1. The van der Waals surface area contributed by atoms with Gasteiger partial charge in [-0.15, -0.1) is 0 Å². The Balaban J connectivity index is 2.47. The van der Waals surface area contributed by atoms with Crippen molar-refractivity contribution in [1.82, 2.24) is 4.90 Å². The summed E-state index contributed by atoms with van der Waals surface area (Å²) in [5.74, 6) is 0. The van der Waals surface area contributed by atoms with Crippen LogP contribution < -0.4 is 5.73 Å². The maximum atomic E-state index is 8.53. The molecular weight excluding hydrogens is 222 g/mol. The maximum absolute atomic E-state index is 8.53. The summed E-state index contributed by atoms with van der Waals surface area (Å²) in [5, 5.41) is 8.53. The quantitative estimate of drug-likeness (QED) is 0.593. The second-order valence-corrected chi connectivity index (χ2v) is 4.92. The van der Waals surface area contributed by atoms with Gasteiger partial charge in [-0.3, -0.25) is 4.90 Å². The predicted octanol–water partition coefficient (Wildman–Crippen LogP) is 3.17. The van der Waals surface area contributed by atoms with Gasteiger partial charge in [-0.05, 0) is 50.9 Å². The van der Waals surface area contributed by atoms with E-state index in [0.717, 1.165) is 31.6 Å². The van der Waals surface area contributed by atoms with Gasteiger partial charge in [-0.1, -0.05) is 12.1 Å². The third-order valence-corrected chi connectivity index (χ3v) is 3.08. The van der Waals surface area contributed by atoms with E-state index in [1.165, 1.54) is 5.56 Å². The fraction of sp³-hybridized carbons (Fsp3) is 0.533. The van der Waals surface area contributed by atoms with Gasteiger partial charge in [0.2, 0.25) is 0 Å². The third-order valence-electron chi connectivity index (χ3n) is 3.08. The van der Waals surface area contributed by atoms with Gasteiger partial charge in [0.05, 0.1) is 6.07 Å². The number of nitrogens with two attached hydrogens (primary N) is 1. The summed E-state index contributed by atoms with van der Waals surface area (Å²) in [7, 11) is 0. The molecule has 0 radical (unpaired) electrons. The van der Waals surface area contributed by atoms with E-state index in [2.05, 4.69) is 36.9 Å². The zero-order valence-corrected chi connectivity index (χ0v) is 11.4. The Labute approximate surface area is 110 Å². The lowest BCUT2D eigenvalue weighted by atomic mass is 10.1. The molecule has 0 atom stereocenters. The molecule has 2 N–H and O–H groups in total. The number of hydrogen-bond donors (Lipinski definition) is 1. The van der Waals surface area contributed by atoms with Crippen molar-refractivity contribution in [3.05, 3.63) is 29.8 Å². The number of hydrogen-bond acceptors (Lipinski definition) is 3. The van der Waals surface area contributed by atoms with Gasteiger partial charge < -0.3 is 5.73 Å². The minimum Gasteiger partial charge on any atom is -0.399 e. The number of unbranched alkanes of at least 4 members (excludes halogenated alkanes) is 2. The second-order valence-electron chi connectivity index (χ2n) is 4.92. The highest BCUT2D eigenvalue weighted by molar-refractivity contribution is 5.39. The molecule has 1 rings (SSSR count). The Hall–Kier alpha value is -1.53. The standard InChI is InChI=1S/C15H23N3/c1-13(2)18(11-5-3-4-10-16)12-14-6-8-15(17)9-7-14/h6-9,13H,3-5,11-12,17H2,1-2H3. The van der Waals surface area contributed by atoms with Crippen molar-refractivity contribution < 1.29 is 0 Å². The van der Waals surface area contributed by atoms with Crippen molar-refractivity contribution >= 4 is 5.69 Å². The molecule has 18 heavy (non-hydrogen) atoms. The topological polar surface area (TPSA) is 53.0 Å². The van der Waals surface area contributed by atoms with E-state index in [-0.39, 0.29) is 0 Å². The first kappa shape index (κ1) is 14.5. The number of nitrogens with zero attached hydrogens (tertiary/aromatic N) is 2. The number of nitrogen functional groups attached to an aromatic ring is 1. The van der Waals surface area contributed by atoms with E-state index in [0.29, 0.717) is 12.5 Å². The Kier molecular flexibility index (Phi) is 6.24. The van der Waals surface area contributed by atoms with Crippen molar-refractivity contribution in [3.63, 3.8) is 0 Å². The number of benzene rings is 1. The molecule has 0 fully saturated rings. The lowest BCUT2D eigenvalue weighted by Gasteiger charge is -2.26. The van der Waals surface area contributed by atoms with E-state index in [1.807, 2.05) is 12.1 Å². The number of rotatable bonds is 7. The predicted molar refractivity (Wildman–Crippen MR) is 75.9 cm³/mol. The Morgan fingerprint density at radius 2 is 1.89 bits per heavy atom. The molecular formula is C15H23N3. The average molecular weight is 245 g/mol.